The van der Waals surface area contributed by atoms with Crippen LogP contribution in [0, 0.1) is 11.8 Å². The first kappa shape index (κ1) is 16.1. The number of hydrogen-bond acceptors (Lipinski definition) is 3. The van der Waals surface area contributed by atoms with E-state index in [0.717, 1.165) is 38.9 Å². The lowest BCUT2D eigenvalue weighted by Gasteiger charge is -2.22. The zero-order valence-electron chi connectivity index (χ0n) is 12.8. The molecule has 120 valence electrons. The van der Waals surface area contributed by atoms with Gasteiger partial charge in [-0.25, -0.2) is 4.79 Å². The zero-order chi connectivity index (χ0) is 15.2. The molecule has 3 unspecified atom stereocenters. The minimum Gasteiger partial charge on any atom is -0.481 e. The summed E-state index contributed by atoms with van der Waals surface area (Å²) in [5.41, 5.74) is 0. The van der Waals surface area contributed by atoms with E-state index in [1.165, 1.54) is 12.8 Å². The maximum absolute atomic E-state index is 11.9. The van der Waals surface area contributed by atoms with Crippen molar-refractivity contribution < 1.29 is 14.7 Å². The number of carbonyl (C=O) groups is 2. The van der Waals surface area contributed by atoms with Crippen LogP contribution in [0.25, 0.3) is 0 Å². The van der Waals surface area contributed by atoms with Crippen molar-refractivity contribution in [2.75, 3.05) is 26.2 Å². The van der Waals surface area contributed by atoms with E-state index >= 15 is 0 Å². The van der Waals surface area contributed by atoms with Gasteiger partial charge in [-0.1, -0.05) is 6.42 Å². The zero-order valence-corrected chi connectivity index (χ0v) is 12.8. The third kappa shape index (κ3) is 4.88. The highest BCUT2D eigenvalue weighted by Crippen LogP contribution is 2.31. The number of carbonyl (C=O) groups excluding carboxylic acids is 1. The maximum Gasteiger partial charge on any atom is 0.315 e. The van der Waals surface area contributed by atoms with Gasteiger partial charge in [-0.05, 0) is 51.6 Å². The van der Waals surface area contributed by atoms with Crippen LogP contribution in [-0.4, -0.2) is 54.2 Å². The molecule has 0 aromatic heterocycles. The number of hydrogen-bond donors (Lipinski definition) is 3. The quantitative estimate of drug-likeness (QED) is 0.689. The molecule has 3 atom stereocenters. The minimum absolute atomic E-state index is 0.0714. The van der Waals surface area contributed by atoms with E-state index in [0.29, 0.717) is 6.54 Å². The minimum atomic E-state index is -0.734. The van der Waals surface area contributed by atoms with Crippen molar-refractivity contribution >= 4 is 12.0 Å². The topological polar surface area (TPSA) is 81.7 Å². The molecule has 0 bridgehead atoms. The predicted octanol–water partition coefficient (Wildman–Crippen LogP) is 1.27. The Morgan fingerprint density at radius 1 is 1.24 bits per heavy atom. The number of aliphatic carboxylic acids is 1. The van der Waals surface area contributed by atoms with Crippen molar-refractivity contribution in [2.45, 2.75) is 45.1 Å². The third-order valence-electron chi connectivity index (χ3n) is 4.61. The van der Waals surface area contributed by atoms with Crippen LogP contribution in [0.5, 0.6) is 0 Å². The summed E-state index contributed by atoms with van der Waals surface area (Å²) in [5, 5.41) is 14.9. The first-order valence-electron chi connectivity index (χ1n) is 8.06. The van der Waals surface area contributed by atoms with Crippen molar-refractivity contribution in [3.05, 3.63) is 0 Å². The summed E-state index contributed by atoms with van der Waals surface area (Å²) in [6, 6.07) is -0.0697. The molecule has 1 heterocycles. The Morgan fingerprint density at radius 2 is 1.95 bits per heavy atom. The van der Waals surface area contributed by atoms with Crippen molar-refractivity contribution in [1.82, 2.24) is 15.5 Å². The average Bonchev–Trinajstić information content (AvgIpc) is 3.06. The normalized spacial score (nSPS) is 27.5. The Hall–Kier alpha value is -1.30. The van der Waals surface area contributed by atoms with Crippen LogP contribution in [0.1, 0.15) is 39.0 Å². The Labute approximate surface area is 126 Å². The van der Waals surface area contributed by atoms with Gasteiger partial charge in [-0.3, -0.25) is 4.79 Å². The molecule has 6 nitrogen and oxygen atoms in total. The molecule has 0 aromatic carbocycles. The van der Waals surface area contributed by atoms with Crippen LogP contribution in [-0.2, 0) is 4.79 Å². The molecular formula is C15H27N3O3. The second-order valence-electron chi connectivity index (χ2n) is 6.40. The molecule has 0 aromatic rings. The van der Waals surface area contributed by atoms with Crippen LogP contribution < -0.4 is 10.6 Å². The number of carboxylic acids is 1. The van der Waals surface area contributed by atoms with Gasteiger partial charge in [0.2, 0.25) is 0 Å². The van der Waals surface area contributed by atoms with Crippen LogP contribution in [0.3, 0.4) is 0 Å². The Bertz CT molecular complexity index is 369. The highest BCUT2D eigenvalue weighted by Gasteiger charge is 2.32. The van der Waals surface area contributed by atoms with Crippen LogP contribution in [0.4, 0.5) is 4.79 Å². The fourth-order valence-electron chi connectivity index (χ4n) is 3.50. The SMILES string of the molecule is CC(CN1CCCC1)NC(=O)NCC1CCCC1C(=O)O. The molecule has 1 aliphatic carbocycles. The summed E-state index contributed by atoms with van der Waals surface area (Å²) in [5.74, 6) is -0.962. The lowest BCUT2D eigenvalue weighted by molar-refractivity contribution is -0.142. The summed E-state index contributed by atoms with van der Waals surface area (Å²) in [6.45, 7) is 5.59. The van der Waals surface area contributed by atoms with E-state index in [1.54, 1.807) is 0 Å². The van der Waals surface area contributed by atoms with Crippen molar-refractivity contribution in [2.24, 2.45) is 11.8 Å². The molecular weight excluding hydrogens is 270 g/mol. The number of nitrogens with one attached hydrogen (secondary N) is 2. The van der Waals surface area contributed by atoms with Gasteiger partial charge >= 0.3 is 12.0 Å². The van der Waals surface area contributed by atoms with E-state index in [2.05, 4.69) is 15.5 Å². The van der Waals surface area contributed by atoms with Crippen molar-refractivity contribution in [3.8, 4) is 0 Å². The number of rotatable bonds is 6. The lowest BCUT2D eigenvalue weighted by Crippen LogP contribution is -2.47. The molecule has 2 aliphatic rings. The molecule has 2 rings (SSSR count). The van der Waals surface area contributed by atoms with Gasteiger partial charge in [0.1, 0.15) is 0 Å². The summed E-state index contributed by atoms with van der Waals surface area (Å²) in [6.07, 6.45) is 5.06. The van der Waals surface area contributed by atoms with Gasteiger partial charge in [-0.2, -0.15) is 0 Å². The molecule has 0 radical (unpaired) electrons. The number of urea groups is 1. The Morgan fingerprint density at radius 3 is 2.62 bits per heavy atom. The van der Waals surface area contributed by atoms with E-state index in [9.17, 15) is 9.59 Å². The van der Waals surface area contributed by atoms with Crippen molar-refractivity contribution in [1.29, 1.82) is 0 Å². The summed E-state index contributed by atoms with van der Waals surface area (Å²) in [7, 11) is 0. The second-order valence-corrected chi connectivity index (χ2v) is 6.40. The smallest absolute Gasteiger partial charge is 0.315 e. The molecule has 6 heteroatoms. The molecule has 0 spiro atoms. The van der Waals surface area contributed by atoms with Gasteiger partial charge in [0.25, 0.3) is 0 Å². The Balaban J connectivity index is 1.65. The molecule has 3 N–H and O–H groups in total. The summed E-state index contributed by atoms with van der Waals surface area (Å²) in [4.78, 5) is 25.3. The second kappa shape index (κ2) is 7.64. The molecule has 2 amide bonds. The fraction of sp³-hybridized carbons (Fsp3) is 0.867. The summed E-state index contributed by atoms with van der Waals surface area (Å²) < 4.78 is 0. The van der Waals surface area contributed by atoms with E-state index in [1.807, 2.05) is 6.92 Å². The van der Waals surface area contributed by atoms with Gasteiger partial charge in [-0.15, -0.1) is 0 Å². The molecule has 1 saturated carbocycles. The van der Waals surface area contributed by atoms with Crippen molar-refractivity contribution in [3.63, 3.8) is 0 Å². The maximum atomic E-state index is 11.9. The number of nitrogens with zero attached hydrogens (tertiary/aromatic N) is 1. The average molecular weight is 297 g/mol. The van der Waals surface area contributed by atoms with E-state index in [-0.39, 0.29) is 23.9 Å². The fourth-order valence-corrected chi connectivity index (χ4v) is 3.50. The lowest BCUT2D eigenvalue weighted by atomic mass is 9.96. The van der Waals surface area contributed by atoms with Crippen LogP contribution in [0.15, 0.2) is 0 Å². The third-order valence-corrected chi connectivity index (χ3v) is 4.61. The number of amides is 2. The van der Waals surface area contributed by atoms with Crippen LogP contribution in [0.2, 0.25) is 0 Å². The predicted molar refractivity (Wildman–Crippen MR) is 80.1 cm³/mol. The monoisotopic (exact) mass is 297 g/mol. The van der Waals surface area contributed by atoms with Gasteiger partial charge < -0.3 is 20.6 Å². The first-order chi connectivity index (χ1) is 10.1. The standard InChI is InChI=1S/C15H27N3O3/c1-11(10-18-7-2-3-8-18)17-15(21)16-9-12-5-4-6-13(12)14(19)20/h11-13H,2-10H2,1H3,(H,19,20)(H2,16,17,21). The molecule has 1 saturated heterocycles. The van der Waals surface area contributed by atoms with Crippen LogP contribution >= 0.6 is 0 Å². The first-order valence-corrected chi connectivity index (χ1v) is 8.06. The molecule has 21 heavy (non-hydrogen) atoms. The van der Waals surface area contributed by atoms with E-state index < -0.39 is 5.97 Å². The van der Waals surface area contributed by atoms with Gasteiger partial charge in [0.15, 0.2) is 0 Å². The Kier molecular flexibility index (Phi) is 5.85. The molecule has 1 aliphatic heterocycles. The van der Waals surface area contributed by atoms with Gasteiger partial charge in [0.05, 0.1) is 5.92 Å². The largest absolute Gasteiger partial charge is 0.481 e. The highest BCUT2D eigenvalue weighted by atomic mass is 16.4. The van der Waals surface area contributed by atoms with Gasteiger partial charge in [0, 0.05) is 19.1 Å². The number of carboxylic acid groups (broad SMARTS) is 1. The highest BCUT2D eigenvalue weighted by molar-refractivity contribution is 5.74. The molecule has 2 fully saturated rings. The summed E-state index contributed by atoms with van der Waals surface area (Å²) >= 11 is 0. The van der Waals surface area contributed by atoms with E-state index in [4.69, 9.17) is 5.11 Å². The number of likely N-dealkylation sites (tertiary alicyclic amines) is 1.